The van der Waals surface area contributed by atoms with Crippen LogP contribution in [-0.4, -0.2) is 34.0 Å². The number of carbonyl (C=O) groups excluding carboxylic acids is 2. The van der Waals surface area contributed by atoms with Crippen molar-refractivity contribution >= 4 is 23.6 Å². The molecule has 0 saturated heterocycles. The maximum atomic E-state index is 12.8. The molecule has 1 aromatic heterocycles. The predicted octanol–water partition coefficient (Wildman–Crippen LogP) is 4.57. The van der Waals surface area contributed by atoms with Crippen LogP contribution in [0.3, 0.4) is 0 Å². The first-order valence-corrected chi connectivity index (χ1v) is 12.4. The van der Waals surface area contributed by atoms with Crippen LogP contribution in [0.2, 0.25) is 0 Å². The Kier molecular flexibility index (Phi) is 7.63. The summed E-state index contributed by atoms with van der Waals surface area (Å²) in [4.78, 5) is 32.8. The van der Waals surface area contributed by atoms with Crippen LogP contribution in [0.1, 0.15) is 54.5 Å². The molecule has 1 aliphatic carbocycles. The lowest BCUT2D eigenvalue weighted by Crippen LogP contribution is -2.37. The summed E-state index contributed by atoms with van der Waals surface area (Å²) in [6.07, 6.45) is 10.1. The normalized spacial score (nSPS) is 15.7. The number of pyridine rings is 1. The van der Waals surface area contributed by atoms with Gasteiger partial charge in [0.05, 0.1) is 5.75 Å². The third kappa shape index (κ3) is 5.80. The molecule has 0 fully saturated rings. The second-order valence-electron chi connectivity index (χ2n) is 8.55. The van der Waals surface area contributed by atoms with Gasteiger partial charge in [-0.1, -0.05) is 29.8 Å². The van der Waals surface area contributed by atoms with Crippen molar-refractivity contribution in [3.63, 3.8) is 0 Å². The molecule has 0 unspecified atom stereocenters. The highest BCUT2D eigenvalue weighted by Gasteiger charge is 2.24. The van der Waals surface area contributed by atoms with Gasteiger partial charge in [0, 0.05) is 42.8 Å². The van der Waals surface area contributed by atoms with E-state index in [0.29, 0.717) is 25.3 Å². The van der Waals surface area contributed by atoms with Gasteiger partial charge in [0.15, 0.2) is 0 Å². The number of aryl methyl sites for hydroxylation is 1. The van der Waals surface area contributed by atoms with Crippen molar-refractivity contribution in [2.75, 3.05) is 12.3 Å². The number of nitrogens with one attached hydrogen (secondary N) is 1. The third-order valence-corrected chi connectivity index (χ3v) is 7.30. The number of hydrogen-bond acceptors (Lipinski definition) is 4. The molecular weight excluding hydrogens is 418 g/mol. The minimum atomic E-state index is 0.0178. The third-order valence-electron chi connectivity index (χ3n) is 6.29. The molecule has 4 rings (SSSR count). The monoisotopic (exact) mass is 449 g/mol. The summed E-state index contributed by atoms with van der Waals surface area (Å²) in [6.45, 7) is 3.82. The summed E-state index contributed by atoms with van der Waals surface area (Å²) in [5.74, 6) is 0.630. The first-order chi connectivity index (χ1) is 15.6. The zero-order valence-corrected chi connectivity index (χ0v) is 19.5. The number of carbonyl (C=O) groups is 2. The summed E-state index contributed by atoms with van der Waals surface area (Å²) in [6, 6.07) is 9.95. The molecule has 2 aliphatic rings. The summed E-state index contributed by atoms with van der Waals surface area (Å²) < 4.78 is 0. The number of nitrogens with zero attached hydrogens (tertiary/aromatic N) is 2. The van der Waals surface area contributed by atoms with E-state index in [1.165, 1.54) is 35.7 Å². The number of rotatable bonds is 7. The molecule has 6 heteroatoms. The molecule has 5 nitrogen and oxygen atoms in total. The number of fused-ring (bicyclic) bond motifs is 1. The zero-order valence-electron chi connectivity index (χ0n) is 18.7. The summed E-state index contributed by atoms with van der Waals surface area (Å²) in [7, 11) is 0. The molecule has 32 heavy (non-hydrogen) atoms. The average Bonchev–Trinajstić information content (AvgIpc) is 2.83. The van der Waals surface area contributed by atoms with Gasteiger partial charge >= 0.3 is 0 Å². The quantitative estimate of drug-likeness (QED) is 0.497. The van der Waals surface area contributed by atoms with Gasteiger partial charge in [-0.25, -0.2) is 0 Å². The summed E-state index contributed by atoms with van der Waals surface area (Å²) in [5, 5.41) is 3.06. The van der Waals surface area contributed by atoms with E-state index in [4.69, 9.17) is 0 Å². The van der Waals surface area contributed by atoms with E-state index in [1.54, 1.807) is 0 Å². The van der Waals surface area contributed by atoms with Crippen LogP contribution in [0.5, 0.6) is 0 Å². The molecule has 0 saturated carbocycles. The van der Waals surface area contributed by atoms with Gasteiger partial charge in [-0.2, -0.15) is 0 Å². The van der Waals surface area contributed by atoms with Gasteiger partial charge < -0.3 is 10.2 Å². The minimum absolute atomic E-state index is 0.0178. The predicted molar refractivity (Wildman–Crippen MR) is 128 cm³/mol. The molecule has 2 heterocycles. The highest BCUT2D eigenvalue weighted by molar-refractivity contribution is 8.00. The number of thioether (sulfide) groups is 1. The summed E-state index contributed by atoms with van der Waals surface area (Å²) >= 11 is 1.54. The Balaban J connectivity index is 1.35. The van der Waals surface area contributed by atoms with E-state index in [9.17, 15) is 9.59 Å². The second kappa shape index (κ2) is 10.8. The fourth-order valence-corrected chi connectivity index (χ4v) is 5.19. The number of allylic oxidation sites excluding steroid dienone is 1. The van der Waals surface area contributed by atoms with E-state index in [2.05, 4.69) is 16.4 Å². The SMILES string of the molecule is Cc1ncc2c(c1CNC(=O)CSc1ccccc1)CCN(C(=O)CC1=CCCCC1)C2. The average molecular weight is 450 g/mol. The fourth-order valence-electron chi connectivity index (χ4n) is 4.44. The first kappa shape index (κ1) is 22.6. The van der Waals surface area contributed by atoms with Crippen molar-refractivity contribution in [2.45, 2.75) is 63.4 Å². The molecule has 0 spiro atoms. The first-order valence-electron chi connectivity index (χ1n) is 11.5. The van der Waals surface area contributed by atoms with Crippen LogP contribution in [-0.2, 0) is 29.1 Å². The van der Waals surface area contributed by atoms with E-state index >= 15 is 0 Å². The van der Waals surface area contributed by atoms with Crippen LogP contribution >= 0.6 is 11.8 Å². The zero-order chi connectivity index (χ0) is 22.3. The number of hydrogen-bond donors (Lipinski definition) is 1. The molecule has 1 aromatic carbocycles. The van der Waals surface area contributed by atoms with Crippen molar-refractivity contribution in [1.29, 1.82) is 0 Å². The smallest absolute Gasteiger partial charge is 0.230 e. The number of aromatic nitrogens is 1. The molecular formula is C26H31N3O2S. The van der Waals surface area contributed by atoms with Gasteiger partial charge in [-0.3, -0.25) is 14.6 Å². The van der Waals surface area contributed by atoms with Crippen molar-refractivity contribution in [3.05, 3.63) is 70.6 Å². The fraction of sp³-hybridized carbons (Fsp3) is 0.423. The van der Waals surface area contributed by atoms with Crippen molar-refractivity contribution in [3.8, 4) is 0 Å². The Bertz CT molecular complexity index is 1000. The molecule has 0 bridgehead atoms. The van der Waals surface area contributed by atoms with Crippen molar-refractivity contribution < 1.29 is 9.59 Å². The lowest BCUT2D eigenvalue weighted by molar-refractivity contribution is -0.131. The highest BCUT2D eigenvalue weighted by Crippen LogP contribution is 2.26. The van der Waals surface area contributed by atoms with Gasteiger partial charge in [0.25, 0.3) is 0 Å². The van der Waals surface area contributed by atoms with Gasteiger partial charge in [0.1, 0.15) is 0 Å². The maximum absolute atomic E-state index is 12.8. The van der Waals surface area contributed by atoms with Crippen LogP contribution in [0.15, 0.2) is 53.1 Å². The number of amides is 2. The molecule has 1 N–H and O–H groups in total. The molecule has 2 aromatic rings. The molecule has 2 amide bonds. The Labute approximate surface area is 194 Å². The van der Waals surface area contributed by atoms with E-state index < -0.39 is 0 Å². The lowest BCUT2D eigenvalue weighted by atomic mass is 9.93. The second-order valence-corrected chi connectivity index (χ2v) is 9.60. The number of benzene rings is 1. The van der Waals surface area contributed by atoms with Crippen LogP contribution in [0.25, 0.3) is 0 Å². The van der Waals surface area contributed by atoms with E-state index in [-0.39, 0.29) is 11.8 Å². The van der Waals surface area contributed by atoms with Gasteiger partial charge in [-0.05, 0) is 67.9 Å². The molecule has 1 aliphatic heterocycles. The Hall–Kier alpha value is -2.60. The molecule has 168 valence electrons. The van der Waals surface area contributed by atoms with Crippen LogP contribution < -0.4 is 5.32 Å². The molecule has 0 atom stereocenters. The summed E-state index contributed by atoms with van der Waals surface area (Å²) in [5.41, 5.74) is 5.70. The topological polar surface area (TPSA) is 62.3 Å². The Morgan fingerprint density at radius 2 is 2.00 bits per heavy atom. The Morgan fingerprint density at radius 3 is 2.78 bits per heavy atom. The van der Waals surface area contributed by atoms with Crippen molar-refractivity contribution in [1.82, 2.24) is 15.2 Å². The van der Waals surface area contributed by atoms with Gasteiger partial charge in [0.2, 0.25) is 11.8 Å². The van der Waals surface area contributed by atoms with Crippen LogP contribution in [0, 0.1) is 6.92 Å². The highest BCUT2D eigenvalue weighted by atomic mass is 32.2. The van der Waals surface area contributed by atoms with E-state index in [0.717, 1.165) is 47.5 Å². The van der Waals surface area contributed by atoms with E-state index in [1.807, 2.05) is 48.4 Å². The van der Waals surface area contributed by atoms with Gasteiger partial charge in [-0.15, -0.1) is 11.8 Å². The van der Waals surface area contributed by atoms with Crippen LogP contribution in [0.4, 0.5) is 0 Å². The Morgan fingerprint density at radius 1 is 1.16 bits per heavy atom. The lowest BCUT2D eigenvalue weighted by Gasteiger charge is -2.31. The maximum Gasteiger partial charge on any atom is 0.230 e. The molecule has 0 radical (unpaired) electrons. The largest absolute Gasteiger partial charge is 0.351 e. The standard InChI is InChI=1S/C26H31N3O2S/c1-19-24(16-28-25(30)18-32-22-10-6-3-7-11-22)23-12-13-29(17-21(23)15-27-19)26(31)14-20-8-4-2-5-9-20/h3,6-8,10-11,15H,2,4-5,9,12-14,16-18H2,1H3,(H,28,30). The van der Waals surface area contributed by atoms with Crippen molar-refractivity contribution in [2.24, 2.45) is 0 Å². The minimum Gasteiger partial charge on any atom is -0.351 e.